The monoisotopic (exact) mass is 466 g/mol. The van der Waals surface area contributed by atoms with Gasteiger partial charge in [0.1, 0.15) is 35.4 Å². The van der Waals surface area contributed by atoms with Crippen LogP contribution in [0.3, 0.4) is 0 Å². The van der Waals surface area contributed by atoms with Crippen LogP contribution in [0.15, 0.2) is 61.2 Å². The first-order valence-corrected chi connectivity index (χ1v) is 10.6. The van der Waals surface area contributed by atoms with Crippen molar-refractivity contribution in [3.8, 4) is 34.3 Å². The van der Waals surface area contributed by atoms with Crippen LogP contribution in [0.1, 0.15) is 24.2 Å². The first kappa shape index (κ1) is 21.9. The minimum absolute atomic E-state index is 0.173. The largest absolute Gasteiger partial charge is 0.481 e. The van der Waals surface area contributed by atoms with Crippen molar-refractivity contribution in [2.75, 3.05) is 12.8 Å². The number of ether oxygens (including phenoxy) is 1. The molecule has 1 unspecified atom stereocenters. The predicted octanol–water partition coefficient (Wildman–Crippen LogP) is 4.16. The van der Waals surface area contributed by atoms with Crippen molar-refractivity contribution in [2.45, 2.75) is 13.0 Å². The van der Waals surface area contributed by atoms with Crippen LogP contribution in [0.2, 0.25) is 0 Å². The number of fused-ring (bicyclic) bond motifs is 1. The molecule has 0 bridgehead atoms. The lowest BCUT2D eigenvalue weighted by atomic mass is 10.0. The molecule has 4 aromatic heterocycles. The fourth-order valence-corrected chi connectivity index (χ4v) is 3.94. The minimum atomic E-state index is -0.334. The molecule has 9 nitrogen and oxygen atoms in total. The van der Waals surface area contributed by atoms with E-state index in [-0.39, 0.29) is 29.3 Å². The quantitative estimate of drug-likeness (QED) is 0.409. The Morgan fingerprint density at radius 1 is 1.11 bits per heavy atom. The Morgan fingerprint density at radius 2 is 1.94 bits per heavy atom. The average molecular weight is 466 g/mol. The summed E-state index contributed by atoms with van der Waals surface area (Å²) in [5.74, 6) is 0.189. The number of nitriles is 1. The Kier molecular flexibility index (Phi) is 5.51. The van der Waals surface area contributed by atoms with Gasteiger partial charge in [0, 0.05) is 35.2 Å². The van der Waals surface area contributed by atoms with E-state index in [9.17, 15) is 9.65 Å². The lowest BCUT2D eigenvalue weighted by Crippen LogP contribution is -2.10. The third kappa shape index (κ3) is 3.89. The molecule has 0 amide bonds. The second-order valence-corrected chi connectivity index (χ2v) is 7.81. The van der Waals surface area contributed by atoms with Crippen LogP contribution in [0.25, 0.3) is 33.4 Å². The van der Waals surface area contributed by atoms with E-state index in [0.29, 0.717) is 33.4 Å². The highest BCUT2D eigenvalue weighted by Gasteiger charge is 2.22. The van der Waals surface area contributed by atoms with Crippen LogP contribution in [0.4, 0.5) is 10.2 Å². The maximum Gasteiger partial charge on any atom is 0.214 e. The van der Waals surface area contributed by atoms with Crippen LogP contribution in [0, 0.1) is 17.1 Å². The number of rotatable bonds is 5. The molecular formula is C25H19FN8O. The third-order valence-corrected chi connectivity index (χ3v) is 5.71. The molecule has 0 spiro atoms. The molecular weight excluding hydrogens is 447 g/mol. The fourth-order valence-electron chi connectivity index (χ4n) is 3.94. The first-order chi connectivity index (χ1) is 17.0. The summed E-state index contributed by atoms with van der Waals surface area (Å²) in [6, 6.07) is 13.4. The Bertz CT molecular complexity index is 1610. The summed E-state index contributed by atoms with van der Waals surface area (Å²) in [7, 11) is 1.47. The zero-order valence-electron chi connectivity index (χ0n) is 18.8. The molecule has 172 valence electrons. The highest BCUT2D eigenvalue weighted by atomic mass is 19.1. The second kappa shape index (κ2) is 8.79. The smallest absolute Gasteiger partial charge is 0.214 e. The molecule has 10 heteroatoms. The molecule has 5 aromatic rings. The summed E-state index contributed by atoms with van der Waals surface area (Å²) in [5.41, 5.74) is 9.89. The predicted molar refractivity (Wildman–Crippen MR) is 128 cm³/mol. The molecule has 5 rings (SSSR count). The van der Waals surface area contributed by atoms with Crippen LogP contribution in [0.5, 0.6) is 5.88 Å². The van der Waals surface area contributed by atoms with Gasteiger partial charge < -0.3 is 10.5 Å². The highest BCUT2D eigenvalue weighted by molar-refractivity contribution is 5.98. The van der Waals surface area contributed by atoms with Gasteiger partial charge >= 0.3 is 0 Å². The van der Waals surface area contributed by atoms with Crippen molar-refractivity contribution >= 4 is 16.9 Å². The molecule has 1 aromatic carbocycles. The van der Waals surface area contributed by atoms with Gasteiger partial charge in [-0.05, 0) is 30.7 Å². The molecule has 0 aliphatic carbocycles. The molecule has 0 aliphatic heterocycles. The van der Waals surface area contributed by atoms with Gasteiger partial charge in [-0.1, -0.05) is 18.2 Å². The van der Waals surface area contributed by atoms with E-state index < -0.39 is 0 Å². The number of aromatic nitrogens is 6. The topological polar surface area (TPSA) is 128 Å². The summed E-state index contributed by atoms with van der Waals surface area (Å²) < 4.78 is 21.3. The van der Waals surface area contributed by atoms with Gasteiger partial charge in [0.25, 0.3) is 0 Å². The van der Waals surface area contributed by atoms with Gasteiger partial charge in [-0.15, -0.1) is 0 Å². The number of nitrogens with zero attached hydrogens (tertiary/aromatic N) is 7. The highest BCUT2D eigenvalue weighted by Crippen LogP contribution is 2.35. The van der Waals surface area contributed by atoms with Crippen molar-refractivity contribution in [3.63, 3.8) is 0 Å². The zero-order valence-corrected chi connectivity index (χ0v) is 18.8. The third-order valence-electron chi connectivity index (χ3n) is 5.71. The van der Waals surface area contributed by atoms with E-state index in [1.165, 1.54) is 19.5 Å². The van der Waals surface area contributed by atoms with Crippen molar-refractivity contribution in [2.24, 2.45) is 0 Å². The Balaban J connectivity index is 1.67. The summed E-state index contributed by atoms with van der Waals surface area (Å²) in [6.07, 6.45) is 4.69. The van der Waals surface area contributed by atoms with Crippen LogP contribution >= 0.6 is 0 Å². The molecule has 0 fully saturated rings. The number of pyridine rings is 2. The van der Waals surface area contributed by atoms with E-state index in [0.717, 1.165) is 5.56 Å². The Morgan fingerprint density at radius 3 is 2.71 bits per heavy atom. The normalized spacial score (nSPS) is 11.8. The molecule has 1 atom stereocenters. The van der Waals surface area contributed by atoms with Gasteiger partial charge in [0.05, 0.1) is 18.5 Å². The molecule has 0 radical (unpaired) electrons. The SMILES string of the molecule is COc1cc(-c2nn(C(C)c3cncc(-c4ccccc4F)c3)c3ncnc(N)c23)cc(C#N)n1. The summed E-state index contributed by atoms with van der Waals surface area (Å²) in [5, 5.41) is 14.7. The Labute approximate surface area is 199 Å². The number of methoxy groups -OCH3 is 1. The Hall–Kier alpha value is -4.91. The van der Waals surface area contributed by atoms with Gasteiger partial charge in [-0.25, -0.2) is 24.0 Å². The molecule has 0 saturated carbocycles. The lowest BCUT2D eigenvalue weighted by molar-refractivity contribution is 0.397. The molecule has 4 heterocycles. The summed E-state index contributed by atoms with van der Waals surface area (Å²) in [6.45, 7) is 1.94. The second-order valence-electron chi connectivity index (χ2n) is 7.81. The minimum Gasteiger partial charge on any atom is -0.481 e. The summed E-state index contributed by atoms with van der Waals surface area (Å²) >= 11 is 0. The van der Waals surface area contributed by atoms with E-state index in [1.54, 1.807) is 47.4 Å². The lowest BCUT2D eigenvalue weighted by Gasteiger charge is -2.14. The molecule has 0 aliphatic rings. The maximum absolute atomic E-state index is 14.4. The zero-order chi connectivity index (χ0) is 24.5. The number of halogens is 1. The van der Waals surface area contributed by atoms with E-state index in [1.807, 2.05) is 19.1 Å². The van der Waals surface area contributed by atoms with Crippen molar-refractivity contribution < 1.29 is 9.13 Å². The average Bonchev–Trinajstić information content (AvgIpc) is 3.29. The number of benzene rings is 1. The van der Waals surface area contributed by atoms with Crippen molar-refractivity contribution in [3.05, 3.63) is 78.3 Å². The van der Waals surface area contributed by atoms with Crippen molar-refractivity contribution in [1.82, 2.24) is 29.7 Å². The van der Waals surface area contributed by atoms with Crippen LogP contribution < -0.4 is 10.5 Å². The van der Waals surface area contributed by atoms with Crippen molar-refractivity contribution in [1.29, 1.82) is 5.26 Å². The number of nitrogens with two attached hydrogens (primary N) is 1. The fraction of sp³-hybridized carbons (Fsp3) is 0.120. The summed E-state index contributed by atoms with van der Waals surface area (Å²) in [4.78, 5) is 17.0. The van der Waals surface area contributed by atoms with Gasteiger partial charge in [-0.2, -0.15) is 10.4 Å². The number of nitrogen functional groups attached to an aromatic ring is 1. The molecule has 2 N–H and O–H groups in total. The van der Waals surface area contributed by atoms with E-state index in [2.05, 4.69) is 19.9 Å². The van der Waals surface area contributed by atoms with Crippen LogP contribution in [-0.2, 0) is 0 Å². The van der Waals surface area contributed by atoms with E-state index >= 15 is 0 Å². The molecule has 0 saturated heterocycles. The number of hydrogen-bond donors (Lipinski definition) is 1. The van der Waals surface area contributed by atoms with Gasteiger partial charge in [0.15, 0.2) is 5.65 Å². The van der Waals surface area contributed by atoms with Crippen LogP contribution in [-0.4, -0.2) is 36.8 Å². The molecule has 35 heavy (non-hydrogen) atoms. The number of anilines is 1. The van der Waals surface area contributed by atoms with Gasteiger partial charge in [-0.3, -0.25) is 4.98 Å². The number of hydrogen-bond acceptors (Lipinski definition) is 8. The van der Waals surface area contributed by atoms with E-state index in [4.69, 9.17) is 15.6 Å². The van der Waals surface area contributed by atoms with Gasteiger partial charge in [0.2, 0.25) is 5.88 Å². The standard InChI is InChI=1S/C25H19FN8O/c1-14(16-7-17(12-29-11-16)19-5-3-4-6-20(19)26)34-25-22(24(28)30-13-31-25)23(33-34)15-8-18(10-27)32-21(9-15)35-2/h3-9,11-14H,1-2H3,(H2,28,30,31). The maximum atomic E-state index is 14.4. The first-order valence-electron chi connectivity index (χ1n) is 10.6.